The van der Waals surface area contributed by atoms with Crippen LogP contribution in [0, 0.1) is 0 Å². The molecule has 0 saturated heterocycles. The molecule has 0 saturated carbocycles. The first-order valence-electron chi connectivity index (χ1n) is 2.99. The highest BCUT2D eigenvalue weighted by atomic mass is 17.7. The van der Waals surface area contributed by atoms with Crippen molar-refractivity contribution in [3.05, 3.63) is 0 Å². The van der Waals surface area contributed by atoms with Crippen LogP contribution in [0.15, 0.2) is 0 Å². The molecule has 0 aromatic rings. The summed E-state index contributed by atoms with van der Waals surface area (Å²) in [6, 6.07) is 0. The van der Waals surface area contributed by atoms with Gasteiger partial charge in [0, 0.05) is 0 Å². The molecule has 0 aromatic carbocycles. The van der Waals surface area contributed by atoms with Gasteiger partial charge in [0.25, 0.3) is 0 Å². The number of hydrogen-bond acceptors (Lipinski definition) is 4. The van der Waals surface area contributed by atoms with E-state index in [4.69, 9.17) is 0 Å². The van der Waals surface area contributed by atoms with E-state index in [1.54, 1.807) is 6.92 Å². The molecule has 0 aliphatic carbocycles. The van der Waals surface area contributed by atoms with E-state index in [1.165, 1.54) is 0 Å². The lowest BCUT2D eigenvalue weighted by Crippen LogP contribution is -1.98. The monoisotopic (exact) mass is 136 g/mol. The van der Waals surface area contributed by atoms with Crippen molar-refractivity contribution in [1.29, 1.82) is 0 Å². The second-order valence-electron chi connectivity index (χ2n) is 1.36. The Kier molecular flexibility index (Phi) is 7.70. The molecule has 0 aliphatic rings. The van der Waals surface area contributed by atoms with Crippen molar-refractivity contribution in [2.24, 2.45) is 0 Å². The maximum atomic E-state index is 4.44. The summed E-state index contributed by atoms with van der Waals surface area (Å²) >= 11 is 0. The maximum absolute atomic E-state index is 4.44. The van der Waals surface area contributed by atoms with E-state index in [2.05, 4.69) is 19.9 Å². The van der Waals surface area contributed by atoms with Gasteiger partial charge in [-0.3, -0.25) is 0 Å². The fourth-order valence-corrected chi connectivity index (χ4v) is 0.205. The minimum absolute atomic E-state index is 0.440. The summed E-state index contributed by atoms with van der Waals surface area (Å²) in [5, 5.41) is 8.15. The molecule has 0 spiro atoms. The Labute approximate surface area is 54.4 Å². The molecule has 0 amide bonds. The van der Waals surface area contributed by atoms with Gasteiger partial charge in [-0.2, -0.15) is 0 Å². The highest BCUT2D eigenvalue weighted by Crippen LogP contribution is 1.84. The van der Waals surface area contributed by atoms with Crippen LogP contribution in [0.25, 0.3) is 0 Å². The van der Waals surface area contributed by atoms with Crippen molar-refractivity contribution in [3.8, 4) is 0 Å². The highest BCUT2D eigenvalue weighted by molar-refractivity contribution is 4.13. The SMILES string of the molecule is CCCOOOOCC. The Bertz CT molecular complexity index is 42.2. The first-order valence-corrected chi connectivity index (χ1v) is 2.99. The lowest BCUT2D eigenvalue weighted by Gasteiger charge is -1.97. The van der Waals surface area contributed by atoms with Gasteiger partial charge in [0.15, 0.2) is 0 Å². The number of hydrogen-bond donors (Lipinski definition) is 0. The predicted molar refractivity (Wildman–Crippen MR) is 30.0 cm³/mol. The van der Waals surface area contributed by atoms with E-state index >= 15 is 0 Å². The van der Waals surface area contributed by atoms with Crippen LogP contribution in [0.5, 0.6) is 0 Å². The van der Waals surface area contributed by atoms with E-state index in [9.17, 15) is 0 Å². The van der Waals surface area contributed by atoms with Gasteiger partial charge in [0.1, 0.15) is 0 Å². The third-order valence-corrected chi connectivity index (χ3v) is 0.529. The van der Waals surface area contributed by atoms with E-state index in [0.717, 1.165) is 6.42 Å². The van der Waals surface area contributed by atoms with Gasteiger partial charge in [0.2, 0.25) is 0 Å². The summed E-state index contributed by atoms with van der Waals surface area (Å²) in [4.78, 5) is 8.77. The van der Waals surface area contributed by atoms with Crippen LogP contribution < -0.4 is 0 Å². The minimum Gasteiger partial charge on any atom is -0.204 e. The third kappa shape index (κ3) is 7.84. The predicted octanol–water partition coefficient (Wildman–Crippen LogP) is 1.23. The Morgan fingerprint density at radius 1 is 1.00 bits per heavy atom. The smallest absolute Gasteiger partial charge is 0.0852 e. The summed E-state index contributed by atoms with van der Waals surface area (Å²) in [5.74, 6) is 0. The van der Waals surface area contributed by atoms with E-state index in [0.29, 0.717) is 13.2 Å². The molecular weight excluding hydrogens is 124 g/mol. The quantitative estimate of drug-likeness (QED) is 0.312. The lowest BCUT2D eigenvalue weighted by molar-refractivity contribution is -0.633. The fourth-order valence-electron chi connectivity index (χ4n) is 0.205. The van der Waals surface area contributed by atoms with Crippen molar-refractivity contribution in [2.45, 2.75) is 20.3 Å². The van der Waals surface area contributed by atoms with Crippen LogP contribution in [-0.2, 0) is 19.9 Å². The molecule has 0 aromatic heterocycles. The van der Waals surface area contributed by atoms with Crippen LogP contribution in [0.3, 0.4) is 0 Å². The average Bonchev–Trinajstić information content (AvgIpc) is 1.89. The van der Waals surface area contributed by atoms with Gasteiger partial charge in [-0.15, -0.1) is 0 Å². The summed E-state index contributed by atoms with van der Waals surface area (Å²) in [6.45, 7) is 4.69. The Hall–Kier alpha value is -0.160. The molecule has 56 valence electrons. The zero-order valence-corrected chi connectivity index (χ0v) is 5.75. The zero-order valence-electron chi connectivity index (χ0n) is 5.75. The van der Waals surface area contributed by atoms with Gasteiger partial charge < -0.3 is 0 Å². The van der Waals surface area contributed by atoms with Crippen LogP contribution >= 0.6 is 0 Å². The Morgan fingerprint density at radius 3 is 2.22 bits per heavy atom. The summed E-state index contributed by atoms with van der Waals surface area (Å²) in [6.07, 6.45) is 0.884. The van der Waals surface area contributed by atoms with Crippen LogP contribution in [0.4, 0.5) is 0 Å². The zero-order chi connectivity index (χ0) is 6.95. The molecule has 0 unspecified atom stereocenters. The van der Waals surface area contributed by atoms with Crippen LogP contribution in [0.2, 0.25) is 0 Å². The van der Waals surface area contributed by atoms with Gasteiger partial charge in [0.05, 0.1) is 13.2 Å². The van der Waals surface area contributed by atoms with Crippen molar-refractivity contribution in [3.63, 3.8) is 0 Å². The van der Waals surface area contributed by atoms with E-state index < -0.39 is 0 Å². The molecule has 4 heteroatoms. The molecule has 0 fully saturated rings. The molecule has 4 nitrogen and oxygen atoms in total. The summed E-state index contributed by atoms with van der Waals surface area (Å²) in [7, 11) is 0. The minimum atomic E-state index is 0.440. The lowest BCUT2D eigenvalue weighted by atomic mass is 10.5. The standard InChI is InChI=1S/C5H12O4/c1-3-5-7-9-8-6-4-2/h3-5H2,1-2H3. The molecular formula is C5H12O4. The van der Waals surface area contributed by atoms with Crippen molar-refractivity contribution >= 4 is 0 Å². The topological polar surface area (TPSA) is 36.9 Å². The fraction of sp³-hybridized carbons (Fsp3) is 1.00. The largest absolute Gasteiger partial charge is 0.204 e. The second kappa shape index (κ2) is 7.84. The van der Waals surface area contributed by atoms with E-state index in [-0.39, 0.29) is 0 Å². The highest BCUT2D eigenvalue weighted by Gasteiger charge is 1.85. The molecule has 0 N–H and O–H groups in total. The van der Waals surface area contributed by atoms with Gasteiger partial charge in [-0.05, 0) is 23.4 Å². The summed E-state index contributed by atoms with van der Waals surface area (Å²) < 4.78 is 0. The Morgan fingerprint density at radius 2 is 1.67 bits per heavy atom. The molecule has 0 bridgehead atoms. The first kappa shape index (κ1) is 8.84. The average molecular weight is 136 g/mol. The van der Waals surface area contributed by atoms with Crippen molar-refractivity contribution in [2.75, 3.05) is 13.2 Å². The molecule has 0 radical (unpaired) electrons. The van der Waals surface area contributed by atoms with Gasteiger partial charge in [-0.1, -0.05) is 6.92 Å². The van der Waals surface area contributed by atoms with E-state index in [1.807, 2.05) is 6.92 Å². The number of rotatable bonds is 6. The van der Waals surface area contributed by atoms with Crippen LogP contribution in [-0.4, -0.2) is 13.2 Å². The third-order valence-electron chi connectivity index (χ3n) is 0.529. The second-order valence-corrected chi connectivity index (χ2v) is 1.36. The Balaban J connectivity index is 2.60. The maximum Gasteiger partial charge on any atom is 0.0852 e. The van der Waals surface area contributed by atoms with Gasteiger partial charge in [-0.25, -0.2) is 9.78 Å². The molecule has 0 aliphatic heterocycles. The van der Waals surface area contributed by atoms with Crippen LogP contribution in [0.1, 0.15) is 20.3 Å². The molecule has 0 heterocycles. The van der Waals surface area contributed by atoms with Crippen molar-refractivity contribution < 1.29 is 19.9 Å². The normalized spacial score (nSPS) is 10.0. The molecule has 9 heavy (non-hydrogen) atoms. The molecule has 0 atom stereocenters. The van der Waals surface area contributed by atoms with Gasteiger partial charge >= 0.3 is 0 Å². The molecule has 0 rings (SSSR count). The van der Waals surface area contributed by atoms with Crippen molar-refractivity contribution in [1.82, 2.24) is 0 Å². The first-order chi connectivity index (χ1) is 4.41. The summed E-state index contributed by atoms with van der Waals surface area (Å²) in [5.41, 5.74) is 0.